The van der Waals surface area contributed by atoms with E-state index in [4.69, 9.17) is 11.6 Å². The Labute approximate surface area is 138 Å². The van der Waals surface area contributed by atoms with Crippen molar-refractivity contribution in [2.45, 2.75) is 6.42 Å². The molecule has 0 saturated heterocycles. The minimum absolute atomic E-state index is 0.0928. The summed E-state index contributed by atoms with van der Waals surface area (Å²) in [6.45, 7) is 0. The van der Waals surface area contributed by atoms with Crippen molar-refractivity contribution in [2.24, 2.45) is 0 Å². The number of rotatable bonds is 6. The van der Waals surface area contributed by atoms with Gasteiger partial charge in [-0.05, 0) is 24.1 Å². The van der Waals surface area contributed by atoms with Crippen LogP contribution < -0.4 is 5.32 Å². The van der Waals surface area contributed by atoms with Crippen LogP contribution in [-0.4, -0.2) is 30.3 Å². The van der Waals surface area contributed by atoms with Gasteiger partial charge < -0.3 is 5.32 Å². The predicted octanol–water partition coefficient (Wildman–Crippen LogP) is 2.97. The Balaban J connectivity index is 2.08. The van der Waals surface area contributed by atoms with Crippen LogP contribution in [0.1, 0.15) is 5.56 Å². The molecule has 1 heterocycles. The Bertz CT molecular complexity index is 822. The number of halogens is 1. The maximum atomic E-state index is 11.1. The fourth-order valence-electron chi connectivity index (χ4n) is 1.81. The van der Waals surface area contributed by atoms with Crippen LogP contribution in [0.3, 0.4) is 0 Å². The highest BCUT2D eigenvalue weighted by Gasteiger charge is 2.11. The molecular formula is C14H14ClN3O4S. The summed E-state index contributed by atoms with van der Waals surface area (Å²) in [5, 5.41) is 13.7. The van der Waals surface area contributed by atoms with Crippen molar-refractivity contribution in [3.05, 3.63) is 57.2 Å². The van der Waals surface area contributed by atoms with E-state index in [2.05, 4.69) is 10.3 Å². The van der Waals surface area contributed by atoms with Gasteiger partial charge in [0.25, 0.3) is 5.69 Å². The summed E-state index contributed by atoms with van der Waals surface area (Å²) in [7, 11) is -3.00. The lowest BCUT2D eigenvalue weighted by Gasteiger charge is -2.08. The summed E-state index contributed by atoms with van der Waals surface area (Å²) in [5.41, 5.74) is 1.40. The fourth-order valence-corrected chi connectivity index (χ4v) is 2.63. The van der Waals surface area contributed by atoms with E-state index >= 15 is 0 Å². The standard InChI is InChI=1S/C14H14ClN3O4S/c1-23(21,22)7-6-10-2-4-11(5-3-10)17-14-13(15)8-12(9-16-14)18(19)20/h2-5,8-9H,6-7H2,1H3,(H,16,17). The first kappa shape index (κ1) is 17.2. The van der Waals surface area contributed by atoms with Crippen LogP contribution >= 0.6 is 11.6 Å². The van der Waals surface area contributed by atoms with Gasteiger partial charge >= 0.3 is 0 Å². The van der Waals surface area contributed by atoms with Crippen LogP contribution in [-0.2, 0) is 16.3 Å². The van der Waals surface area contributed by atoms with Gasteiger partial charge in [-0.25, -0.2) is 13.4 Å². The maximum absolute atomic E-state index is 11.1. The molecule has 0 unspecified atom stereocenters. The van der Waals surface area contributed by atoms with E-state index in [0.29, 0.717) is 17.9 Å². The Hall–Kier alpha value is -2.19. The lowest BCUT2D eigenvalue weighted by molar-refractivity contribution is -0.385. The monoisotopic (exact) mass is 355 g/mol. The van der Waals surface area contributed by atoms with Gasteiger partial charge in [0, 0.05) is 18.0 Å². The van der Waals surface area contributed by atoms with Crippen LogP contribution in [0, 0.1) is 10.1 Å². The number of nitrogens with one attached hydrogen (secondary N) is 1. The van der Waals surface area contributed by atoms with Crippen LogP contribution in [0.4, 0.5) is 17.2 Å². The Morgan fingerprint density at radius 1 is 1.30 bits per heavy atom. The van der Waals surface area contributed by atoms with Gasteiger partial charge in [0.15, 0.2) is 0 Å². The van der Waals surface area contributed by atoms with Gasteiger partial charge in [0.1, 0.15) is 21.9 Å². The van der Waals surface area contributed by atoms with Crippen molar-refractivity contribution >= 4 is 38.6 Å². The third kappa shape index (κ3) is 5.19. The zero-order valence-corrected chi connectivity index (χ0v) is 13.8. The van der Waals surface area contributed by atoms with Gasteiger partial charge in [-0.15, -0.1) is 0 Å². The number of aromatic nitrogens is 1. The Morgan fingerprint density at radius 3 is 2.48 bits per heavy atom. The van der Waals surface area contributed by atoms with E-state index in [-0.39, 0.29) is 16.5 Å². The molecule has 122 valence electrons. The van der Waals surface area contributed by atoms with Gasteiger partial charge in [-0.1, -0.05) is 23.7 Å². The van der Waals surface area contributed by atoms with Crippen molar-refractivity contribution in [1.29, 1.82) is 0 Å². The quantitative estimate of drug-likeness (QED) is 0.631. The first-order chi connectivity index (χ1) is 10.7. The molecule has 0 saturated carbocycles. The fraction of sp³-hybridized carbons (Fsp3) is 0.214. The molecule has 0 amide bonds. The number of hydrogen-bond acceptors (Lipinski definition) is 6. The van der Waals surface area contributed by atoms with E-state index in [0.717, 1.165) is 11.8 Å². The second kappa shape index (κ2) is 6.93. The highest BCUT2D eigenvalue weighted by atomic mass is 35.5. The van der Waals surface area contributed by atoms with Gasteiger partial charge in [0.05, 0.1) is 15.7 Å². The molecule has 0 aliphatic rings. The summed E-state index contributed by atoms with van der Waals surface area (Å²) < 4.78 is 22.3. The second-order valence-corrected chi connectivity index (χ2v) is 7.65. The molecule has 2 rings (SSSR count). The van der Waals surface area contributed by atoms with E-state index in [9.17, 15) is 18.5 Å². The van der Waals surface area contributed by atoms with E-state index in [1.165, 1.54) is 12.3 Å². The highest BCUT2D eigenvalue weighted by molar-refractivity contribution is 7.90. The lowest BCUT2D eigenvalue weighted by atomic mass is 10.1. The molecule has 9 heteroatoms. The number of nitro groups is 1. The van der Waals surface area contributed by atoms with Gasteiger partial charge in [0.2, 0.25) is 0 Å². The Kier molecular flexibility index (Phi) is 5.17. The van der Waals surface area contributed by atoms with Crippen LogP contribution in [0.25, 0.3) is 0 Å². The number of hydrogen-bond donors (Lipinski definition) is 1. The van der Waals surface area contributed by atoms with Crippen molar-refractivity contribution in [2.75, 3.05) is 17.3 Å². The number of nitrogens with zero attached hydrogens (tertiary/aromatic N) is 2. The number of benzene rings is 1. The average molecular weight is 356 g/mol. The van der Waals surface area contributed by atoms with Gasteiger partial charge in [-0.2, -0.15) is 0 Å². The molecule has 0 radical (unpaired) electrons. The van der Waals surface area contributed by atoms with Crippen molar-refractivity contribution in [1.82, 2.24) is 4.98 Å². The van der Waals surface area contributed by atoms with E-state index in [1.807, 2.05) is 0 Å². The first-order valence-electron chi connectivity index (χ1n) is 6.58. The van der Waals surface area contributed by atoms with Crippen molar-refractivity contribution < 1.29 is 13.3 Å². The van der Waals surface area contributed by atoms with E-state index in [1.54, 1.807) is 24.3 Å². The maximum Gasteiger partial charge on any atom is 0.289 e. The molecule has 0 aliphatic carbocycles. The molecule has 2 aromatic rings. The molecular weight excluding hydrogens is 342 g/mol. The summed E-state index contributed by atoms with van der Waals surface area (Å²) in [6.07, 6.45) is 2.76. The SMILES string of the molecule is CS(=O)(=O)CCc1ccc(Nc2ncc([N+](=O)[O-])cc2Cl)cc1. The molecule has 0 spiro atoms. The summed E-state index contributed by atoms with van der Waals surface area (Å²) in [4.78, 5) is 14.0. The summed E-state index contributed by atoms with van der Waals surface area (Å²) in [5.74, 6) is 0.399. The predicted molar refractivity (Wildman–Crippen MR) is 89.0 cm³/mol. The largest absolute Gasteiger partial charge is 0.339 e. The molecule has 1 aromatic heterocycles. The van der Waals surface area contributed by atoms with Crippen LogP contribution in [0.5, 0.6) is 0 Å². The average Bonchev–Trinajstić information content (AvgIpc) is 2.47. The summed E-state index contributed by atoms with van der Waals surface area (Å²) >= 11 is 5.96. The molecule has 0 aliphatic heterocycles. The van der Waals surface area contributed by atoms with Crippen molar-refractivity contribution in [3.63, 3.8) is 0 Å². The Morgan fingerprint density at radius 2 is 1.96 bits per heavy atom. The minimum atomic E-state index is -3.00. The molecule has 0 fully saturated rings. The summed E-state index contributed by atoms with van der Waals surface area (Å²) in [6, 6.07) is 8.34. The zero-order valence-electron chi connectivity index (χ0n) is 12.2. The third-order valence-corrected chi connectivity index (χ3v) is 4.25. The molecule has 1 N–H and O–H groups in total. The number of aryl methyl sites for hydroxylation is 1. The molecule has 0 atom stereocenters. The number of pyridine rings is 1. The normalized spacial score (nSPS) is 11.2. The molecule has 23 heavy (non-hydrogen) atoms. The smallest absolute Gasteiger partial charge is 0.289 e. The highest BCUT2D eigenvalue weighted by Crippen LogP contribution is 2.26. The minimum Gasteiger partial charge on any atom is -0.339 e. The van der Waals surface area contributed by atoms with Crippen LogP contribution in [0.2, 0.25) is 5.02 Å². The first-order valence-corrected chi connectivity index (χ1v) is 9.02. The topological polar surface area (TPSA) is 102 Å². The van der Waals surface area contributed by atoms with Gasteiger partial charge in [-0.3, -0.25) is 10.1 Å². The third-order valence-electron chi connectivity index (χ3n) is 3.02. The lowest BCUT2D eigenvalue weighted by Crippen LogP contribution is -2.05. The number of anilines is 2. The van der Waals surface area contributed by atoms with Crippen molar-refractivity contribution in [3.8, 4) is 0 Å². The zero-order chi connectivity index (χ0) is 17.0. The number of sulfone groups is 1. The second-order valence-electron chi connectivity index (χ2n) is 4.98. The molecule has 0 bridgehead atoms. The van der Waals surface area contributed by atoms with E-state index < -0.39 is 14.8 Å². The van der Waals surface area contributed by atoms with Crippen LogP contribution in [0.15, 0.2) is 36.5 Å². The molecule has 1 aromatic carbocycles. The molecule has 7 nitrogen and oxygen atoms in total.